The highest BCUT2D eigenvalue weighted by Crippen LogP contribution is 2.36. The van der Waals surface area contributed by atoms with Gasteiger partial charge in [-0.3, -0.25) is 0 Å². The first kappa shape index (κ1) is 14.9. The van der Waals surface area contributed by atoms with Crippen LogP contribution in [0.4, 0.5) is 4.79 Å². The Bertz CT molecular complexity index is 449. The molecule has 1 heterocycles. The second-order valence-electron chi connectivity index (χ2n) is 5.69. The first-order valence-electron chi connectivity index (χ1n) is 7.27. The van der Waals surface area contributed by atoms with Gasteiger partial charge in [-0.15, -0.1) is 0 Å². The number of rotatable bonds is 5. The van der Waals surface area contributed by atoms with Crippen LogP contribution in [0, 0.1) is 5.92 Å². The second-order valence-corrected chi connectivity index (χ2v) is 5.69. The van der Waals surface area contributed by atoms with Gasteiger partial charge >= 0.3 is 6.09 Å². The molecule has 0 saturated carbocycles. The molecule has 2 rings (SSSR count). The Morgan fingerprint density at radius 1 is 1.45 bits per heavy atom. The fourth-order valence-corrected chi connectivity index (χ4v) is 2.56. The lowest BCUT2D eigenvalue weighted by atomic mass is 9.77. The molecule has 4 nitrogen and oxygen atoms in total. The summed E-state index contributed by atoms with van der Waals surface area (Å²) >= 11 is 0. The van der Waals surface area contributed by atoms with Crippen LogP contribution in [0.25, 0.3) is 0 Å². The number of likely N-dealkylation sites (N-methyl/N-ethyl adjacent to an activating group) is 1. The van der Waals surface area contributed by atoms with E-state index in [-0.39, 0.29) is 11.6 Å². The van der Waals surface area contributed by atoms with Gasteiger partial charge in [-0.05, 0) is 24.9 Å². The molecule has 0 bridgehead atoms. The minimum Gasteiger partial charge on any atom is -0.445 e. The van der Waals surface area contributed by atoms with Gasteiger partial charge in [0.1, 0.15) is 6.61 Å². The summed E-state index contributed by atoms with van der Waals surface area (Å²) in [6, 6.07) is 9.78. The number of nitrogens with one attached hydrogen (secondary N) is 1. The van der Waals surface area contributed by atoms with Crippen molar-refractivity contribution < 1.29 is 9.53 Å². The van der Waals surface area contributed by atoms with E-state index in [0.29, 0.717) is 12.5 Å². The zero-order valence-electron chi connectivity index (χ0n) is 12.6. The maximum atomic E-state index is 12.2. The third-order valence-corrected chi connectivity index (χ3v) is 4.29. The minimum atomic E-state index is -0.215. The Hall–Kier alpha value is -1.55. The van der Waals surface area contributed by atoms with Crippen molar-refractivity contribution in [3.05, 3.63) is 35.9 Å². The number of amides is 1. The molecule has 2 atom stereocenters. The van der Waals surface area contributed by atoms with E-state index in [1.165, 1.54) is 0 Å². The topological polar surface area (TPSA) is 41.6 Å². The Labute approximate surface area is 121 Å². The van der Waals surface area contributed by atoms with Crippen LogP contribution in [-0.4, -0.2) is 36.2 Å². The molecule has 20 heavy (non-hydrogen) atoms. The quantitative estimate of drug-likeness (QED) is 0.899. The van der Waals surface area contributed by atoms with E-state index < -0.39 is 0 Å². The first-order chi connectivity index (χ1) is 9.58. The summed E-state index contributed by atoms with van der Waals surface area (Å²) < 4.78 is 5.41. The van der Waals surface area contributed by atoms with Crippen LogP contribution in [0.3, 0.4) is 0 Å². The maximum absolute atomic E-state index is 12.2. The molecule has 1 amide bonds. The lowest BCUT2D eigenvalue weighted by Crippen LogP contribution is -2.70. The summed E-state index contributed by atoms with van der Waals surface area (Å²) in [5, 5.41) is 3.33. The molecular weight excluding hydrogens is 252 g/mol. The smallest absolute Gasteiger partial charge is 0.410 e. The van der Waals surface area contributed by atoms with E-state index in [2.05, 4.69) is 26.1 Å². The second kappa shape index (κ2) is 6.27. The van der Waals surface area contributed by atoms with Crippen molar-refractivity contribution >= 4 is 6.09 Å². The molecule has 0 aliphatic carbocycles. The van der Waals surface area contributed by atoms with E-state index in [1.807, 2.05) is 35.2 Å². The molecule has 110 valence electrons. The van der Waals surface area contributed by atoms with Gasteiger partial charge in [0.15, 0.2) is 0 Å². The Balaban J connectivity index is 1.89. The first-order valence-corrected chi connectivity index (χ1v) is 7.27. The Morgan fingerprint density at radius 3 is 2.75 bits per heavy atom. The number of likely N-dealkylation sites (tertiary alicyclic amines) is 1. The summed E-state index contributed by atoms with van der Waals surface area (Å²) in [4.78, 5) is 14.0. The molecule has 1 fully saturated rings. The van der Waals surface area contributed by atoms with Crippen molar-refractivity contribution in [1.29, 1.82) is 0 Å². The van der Waals surface area contributed by atoms with Gasteiger partial charge in [0.05, 0.1) is 5.54 Å². The van der Waals surface area contributed by atoms with Gasteiger partial charge in [-0.25, -0.2) is 4.79 Å². The fraction of sp³-hybridized carbons (Fsp3) is 0.562. The van der Waals surface area contributed by atoms with Crippen molar-refractivity contribution in [3.63, 3.8) is 0 Å². The zero-order valence-corrected chi connectivity index (χ0v) is 12.6. The third-order valence-electron chi connectivity index (χ3n) is 4.29. The van der Waals surface area contributed by atoms with E-state index in [1.54, 1.807) is 0 Å². The number of hydrogen-bond acceptors (Lipinski definition) is 3. The Kier molecular flexibility index (Phi) is 4.65. The molecule has 1 N–H and O–H groups in total. The summed E-state index contributed by atoms with van der Waals surface area (Å²) in [5.74, 6) is 0.492. The van der Waals surface area contributed by atoms with Gasteiger partial charge in [0.25, 0.3) is 0 Å². The minimum absolute atomic E-state index is 0.135. The predicted molar refractivity (Wildman–Crippen MR) is 79.4 cm³/mol. The summed E-state index contributed by atoms with van der Waals surface area (Å²) in [6.45, 7) is 9.20. The van der Waals surface area contributed by atoms with Gasteiger partial charge < -0.3 is 15.0 Å². The van der Waals surface area contributed by atoms with Gasteiger partial charge in [0, 0.05) is 13.1 Å². The number of ether oxygens (including phenoxy) is 1. The van der Waals surface area contributed by atoms with Crippen LogP contribution in [0.2, 0.25) is 0 Å². The molecule has 1 aliphatic heterocycles. The largest absolute Gasteiger partial charge is 0.445 e. The average Bonchev–Trinajstić information content (AvgIpc) is 2.48. The van der Waals surface area contributed by atoms with Crippen LogP contribution in [0.5, 0.6) is 0 Å². The molecule has 0 spiro atoms. The highest BCUT2D eigenvalue weighted by molar-refractivity contribution is 5.70. The van der Waals surface area contributed by atoms with E-state index >= 15 is 0 Å². The molecule has 1 aliphatic rings. The number of carbonyl (C=O) groups is 1. The zero-order chi connectivity index (χ0) is 14.6. The van der Waals surface area contributed by atoms with Gasteiger partial charge in [-0.1, -0.05) is 44.2 Å². The van der Waals surface area contributed by atoms with Crippen LogP contribution in [0.1, 0.15) is 26.3 Å². The van der Waals surface area contributed by atoms with Crippen LogP contribution in [-0.2, 0) is 11.3 Å². The molecule has 0 aromatic heterocycles. The molecule has 1 saturated heterocycles. The molecule has 1 aromatic rings. The van der Waals surface area contributed by atoms with Crippen molar-refractivity contribution in [3.8, 4) is 0 Å². The van der Waals surface area contributed by atoms with E-state index in [9.17, 15) is 4.79 Å². The van der Waals surface area contributed by atoms with Gasteiger partial charge in [0.2, 0.25) is 0 Å². The lowest BCUT2D eigenvalue weighted by molar-refractivity contribution is -0.0510. The Morgan fingerprint density at radius 2 is 2.15 bits per heavy atom. The van der Waals surface area contributed by atoms with E-state index in [4.69, 9.17) is 4.74 Å². The molecule has 1 aromatic carbocycles. The summed E-state index contributed by atoms with van der Waals surface area (Å²) in [7, 11) is 0. The number of benzene rings is 1. The summed E-state index contributed by atoms with van der Waals surface area (Å²) in [5.41, 5.74) is 0.881. The molecular formula is C16H24N2O2. The highest BCUT2D eigenvalue weighted by Gasteiger charge is 2.50. The molecule has 0 unspecified atom stereocenters. The lowest BCUT2D eigenvalue weighted by Gasteiger charge is -2.55. The molecule has 0 radical (unpaired) electrons. The number of carbonyl (C=O) groups excluding carboxylic acids is 1. The fourth-order valence-electron chi connectivity index (χ4n) is 2.56. The van der Waals surface area contributed by atoms with Crippen LogP contribution < -0.4 is 5.32 Å². The average molecular weight is 276 g/mol. The normalized spacial score (nSPS) is 25.1. The highest BCUT2D eigenvalue weighted by atomic mass is 16.6. The van der Waals surface area contributed by atoms with Crippen LogP contribution >= 0.6 is 0 Å². The SMILES string of the molecule is CCNC[C@@]1(C)[C@@H](C)CN1C(=O)OCc1ccccc1. The third kappa shape index (κ3) is 2.96. The monoisotopic (exact) mass is 276 g/mol. The van der Waals surface area contributed by atoms with Crippen molar-refractivity contribution in [2.24, 2.45) is 5.92 Å². The number of hydrogen-bond donors (Lipinski definition) is 1. The number of nitrogens with zero attached hydrogens (tertiary/aromatic N) is 1. The molecule has 4 heteroatoms. The maximum Gasteiger partial charge on any atom is 0.410 e. The van der Waals surface area contributed by atoms with Crippen molar-refractivity contribution in [2.75, 3.05) is 19.6 Å². The van der Waals surface area contributed by atoms with Gasteiger partial charge in [-0.2, -0.15) is 0 Å². The van der Waals surface area contributed by atoms with Crippen LogP contribution in [0.15, 0.2) is 30.3 Å². The van der Waals surface area contributed by atoms with E-state index in [0.717, 1.165) is 25.2 Å². The summed E-state index contributed by atoms with van der Waals surface area (Å²) in [6.07, 6.45) is -0.215. The van der Waals surface area contributed by atoms with Crippen molar-refractivity contribution in [2.45, 2.75) is 32.9 Å². The standard InChI is InChI=1S/C16H24N2O2/c1-4-17-12-16(3)13(2)10-18(16)15(19)20-11-14-8-6-5-7-9-14/h5-9,13,17H,4,10-12H2,1-3H3/t13-,16-/m0/s1. The predicted octanol–water partition coefficient (Wildman–Crippen LogP) is 2.64. The van der Waals surface area contributed by atoms with Crippen molar-refractivity contribution in [1.82, 2.24) is 10.2 Å².